The van der Waals surface area contributed by atoms with Gasteiger partial charge in [-0.2, -0.15) is 5.10 Å². The Bertz CT molecular complexity index is 694. The third kappa shape index (κ3) is 3.39. The van der Waals surface area contributed by atoms with Gasteiger partial charge in [-0.15, -0.1) is 0 Å². The topological polar surface area (TPSA) is 71.0 Å². The highest BCUT2D eigenvalue weighted by atomic mass is 16.5. The molecule has 0 aliphatic heterocycles. The summed E-state index contributed by atoms with van der Waals surface area (Å²) in [6.45, 7) is 0.536. The third-order valence-electron chi connectivity index (χ3n) is 3.08. The highest BCUT2D eigenvalue weighted by Gasteiger charge is 2.01. The van der Waals surface area contributed by atoms with Crippen molar-refractivity contribution >= 4 is 0 Å². The maximum atomic E-state index is 9.39. The van der Waals surface area contributed by atoms with Crippen LogP contribution in [0.4, 0.5) is 0 Å². The van der Waals surface area contributed by atoms with E-state index in [4.69, 9.17) is 4.74 Å². The van der Waals surface area contributed by atoms with Crippen LogP contribution in [-0.2, 0) is 6.42 Å². The Balaban J connectivity index is 1.56. The Morgan fingerprint density at radius 2 is 2.10 bits per heavy atom. The second-order valence-electron chi connectivity index (χ2n) is 4.62. The van der Waals surface area contributed by atoms with Gasteiger partial charge in [-0.25, -0.2) is 0 Å². The SMILES string of the molecule is Oc1cccc(CCOc2ccc(-c3ccn[nH]3)nc2)c1. The average molecular weight is 281 g/mol. The lowest BCUT2D eigenvalue weighted by Crippen LogP contribution is -2.01. The van der Waals surface area contributed by atoms with Crippen LogP contribution < -0.4 is 4.74 Å². The molecular formula is C16H15N3O2. The fraction of sp³-hybridized carbons (Fsp3) is 0.125. The van der Waals surface area contributed by atoms with E-state index < -0.39 is 0 Å². The van der Waals surface area contributed by atoms with Crippen LogP contribution in [0.25, 0.3) is 11.4 Å². The Kier molecular flexibility index (Phi) is 3.82. The van der Waals surface area contributed by atoms with Crippen molar-refractivity contribution in [1.82, 2.24) is 15.2 Å². The summed E-state index contributed by atoms with van der Waals surface area (Å²) in [5.74, 6) is 0.997. The van der Waals surface area contributed by atoms with Gasteiger partial charge in [-0.3, -0.25) is 10.1 Å². The van der Waals surface area contributed by atoms with E-state index in [2.05, 4.69) is 15.2 Å². The Hall–Kier alpha value is -2.82. The molecule has 0 saturated heterocycles. The van der Waals surface area contributed by atoms with Crippen molar-refractivity contribution < 1.29 is 9.84 Å². The van der Waals surface area contributed by atoms with Gasteiger partial charge < -0.3 is 9.84 Å². The summed E-state index contributed by atoms with van der Waals surface area (Å²) < 4.78 is 5.65. The predicted molar refractivity (Wildman–Crippen MR) is 79.1 cm³/mol. The van der Waals surface area contributed by atoms with Crippen molar-refractivity contribution in [2.24, 2.45) is 0 Å². The molecule has 0 aliphatic rings. The van der Waals surface area contributed by atoms with Gasteiger partial charge in [0.2, 0.25) is 0 Å². The Labute approximate surface area is 122 Å². The second-order valence-corrected chi connectivity index (χ2v) is 4.62. The van der Waals surface area contributed by atoms with Crippen LogP contribution in [0.3, 0.4) is 0 Å². The van der Waals surface area contributed by atoms with Gasteiger partial charge in [-0.1, -0.05) is 12.1 Å². The van der Waals surface area contributed by atoms with Crippen molar-refractivity contribution in [3.63, 3.8) is 0 Å². The summed E-state index contributed by atoms with van der Waals surface area (Å²) in [6, 6.07) is 12.8. The Morgan fingerprint density at radius 3 is 2.81 bits per heavy atom. The first-order valence-corrected chi connectivity index (χ1v) is 6.68. The molecular weight excluding hydrogens is 266 g/mol. The molecule has 2 N–H and O–H groups in total. The zero-order valence-corrected chi connectivity index (χ0v) is 11.4. The van der Waals surface area contributed by atoms with Crippen LogP contribution in [0.1, 0.15) is 5.56 Å². The first-order valence-electron chi connectivity index (χ1n) is 6.68. The summed E-state index contributed by atoms with van der Waals surface area (Å²) in [5, 5.41) is 16.2. The molecule has 0 aliphatic carbocycles. The molecule has 0 amide bonds. The van der Waals surface area contributed by atoms with E-state index in [0.717, 1.165) is 29.1 Å². The van der Waals surface area contributed by atoms with Gasteiger partial charge in [0.15, 0.2) is 0 Å². The van der Waals surface area contributed by atoms with Crippen LogP contribution in [0.15, 0.2) is 54.9 Å². The van der Waals surface area contributed by atoms with Gasteiger partial charge in [-0.05, 0) is 35.9 Å². The van der Waals surface area contributed by atoms with Gasteiger partial charge in [0, 0.05) is 12.6 Å². The van der Waals surface area contributed by atoms with E-state index >= 15 is 0 Å². The first kappa shape index (κ1) is 13.2. The van der Waals surface area contributed by atoms with Crippen molar-refractivity contribution in [3.05, 3.63) is 60.4 Å². The molecule has 3 rings (SSSR count). The normalized spacial score (nSPS) is 10.5. The van der Waals surface area contributed by atoms with Gasteiger partial charge in [0.25, 0.3) is 0 Å². The third-order valence-corrected chi connectivity index (χ3v) is 3.08. The lowest BCUT2D eigenvalue weighted by Gasteiger charge is -2.06. The number of nitrogens with zero attached hydrogens (tertiary/aromatic N) is 2. The van der Waals surface area contributed by atoms with E-state index in [1.54, 1.807) is 24.5 Å². The van der Waals surface area contributed by atoms with Crippen LogP contribution in [-0.4, -0.2) is 26.9 Å². The number of pyridine rings is 1. The Morgan fingerprint density at radius 1 is 1.14 bits per heavy atom. The molecule has 5 heteroatoms. The number of rotatable bonds is 5. The minimum atomic E-state index is 0.276. The average Bonchev–Trinajstić information content (AvgIpc) is 3.02. The van der Waals surface area contributed by atoms with Gasteiger partial charge in [0.1, 0.15) is 11.5 Å². The van der Waals surface area contributed by atoms with E-state index in [0.29, 0.717) is 6.61 Å². The fourth-order valence-electron chi connectivity index (χ4n) is 2.02. The lowest BCUT2D eigenvalue weighted by atomic mass is 10.1. The van der Waals surface area contributed by atoms with E-state index in [-0.39, 0.29) is 5.75 Å². The smallest absolute Gasteiger partial charge is 0.137 e. The maximum absolute atomic E-state index is 9.39. The molecule has 1 aromatic carbocycles. The number of phenols is 1. The maximum Gasteiger partial charge on any atom is 0.137 e. The van der Waals surface area contributed by atoms with E-state index in [1.807, 2.05) is 30.3 Å². The van der Waals surface area contributed by atoms with Crippen LogP contribution in [0.5, 0.6) is 11.5 Å². The van der Waals surface area contributed by atoms with Crippen molar-refractivity contribution in [3.8, 4) is 22.9 Å². The number of ether oxygens (including phenoxy) is 1. The molecule has 0 atom stereocenters. The molecule has 2 heterocycles. The zero-order chi connectivity index (χ0) is 14.5. The molecule has 0 bridgehead atoms. The standard InChI is InChI=1S/C16H15N3O2/c20-13-3-1-2-12(10-13)7-9-21-14-4-5-15(17-11-14)16-6-8-18-19-16/h1-6,8,10-11,20H,7,9H2,(H,18,19). The predicted octanol–water partition coefficient (Wildman–Crippen LogP) is 2.80. The summed E-state index contributed by atoms with van der Waals surface area (Å²) in [7, 11) is 0. The van der Waals surface area contributed by atoms with Gasteiger partial charge in [0.05, 0.1) is 24.2 Å². The summed E-state index contributed by atoms with van der Waals surface area (Å²) in [4.78, 5) is 4.32. The molecule has 21 heavy (non-hydrogen) atoms. The fourth-order valence-corrected chi connectivity index (χ4v) is 2.02. The summed E-state index contributed by atoms with van der Waals surface area (Å²) in [5.41, 5.74) is 2.74. The molecule has 2 aromatic heterocycles. The number of aromatic amines is 1. The first-order chi connectivity index (χ1) is 10.3. The number of phenolic OH excluding ortho intramolecular Hbond substituents is 1. The molecule has 0 radical (unpaired) electrons. The second kappa shape index (κ2) is 6.09. The number of nitrogens with one attached hydrogen (secondary N) is 1. The molecule has 106 valence electrons. The highest BCUT2D eigenvalue weighted by molar-refractivity contribution is 5.53. The summed E-state index contributed by atoms with van der Waals surface area (Å²) >= 11 is 0. The molecule has 0 spiro atoms. The van der Waals surface area contributed by atoms with Crippen LogP contribution in [0, 0.1) is 0 Å². The number of hydrogen-bond donors (Lipinski definition) is 2. The summed E-state index contributed by atoms with van der Waals surface area (Å²) in [6.07, 6.45) is 4.12. The molecule has 0 unspecified atom stereocenters. The van der Waals surface area contributed by atoms with Crippen LogP contribution >= 0.6 is 0 Å². The minimum Gasteiger partial charge on any atom is -0.508 e. The number of aromatic hydroxyl groups is 1. The minimum absolute atomic E-state index is 0.276. The number of H-pyrrole nitrogens is 1. The quantitative estimate of drug-likeness (QED) is 0.754. The number of hydrogen-bond acceptors (Lipinski definition) is 4. The number of aromatic nitrogens is 3. The molecule has 0 saturated carbocycles. The van der Waals surface area contributed by atoms with E-state index in [1.165, 1.54) is 0 Å². The zero-order valence-electron chi connectivity index (χ0n) is 11.4. The van der Waals surface area contributed by atoms with Crippen molar-refractivity contribution in [2.45, 2.75) is 6.42 Å². The molecule has 5 nitrogen and oxygen atoms in total. The molecule has 3 aromatic rings. The largest absolute Gasteiger partial charge is 0.508 e. The highest BCUT2D eigenvalue weighted by Crippen LogP contribution is 2.17. The number of benzene rings is 1. The lowest BCUT2D eigenvalue weighted by molar-refractivity contribution is 0.320. The molecule has 0 fully saturated rings. The van der Waals surface area contributed by atoms with Gasteiger partial charge >= 0.3 is 0 Å². The van der Waals surface area contributed by atoms with Crippen LogP contribution in [0.2, 0.25) is 0 Å². The van der Waals surface area contributed by atoms with Crippen molar-refractivity contribution in [2.75, 3.05) is 6.61 Å². The monoisotopic (exact) mass is 281 g/mol. The van der Waals surface area contributed by atoms with Crippen molar-refractivity contribution in [1.29, 1.82) is 0 Å². The van der Waals surface area contributed by atoms with E-state index in [9.17, 15) is 5.11 Å².